The number of aliphatic hydroxyl groups excluding tert-OH is 1. The Labute approximate surface area is 274 Å². The fraction of sp³-hybridized carbons (Fsp3) is 0.500. The van der Waals surface area contributed by atoms with Gasteiger partial charge in [-0.3, -0.25) is 14.1 Å². The lowest BCUT2D eigenvalue weighted by Gasteiger charge is -2.59. The summed E-state index contributed by atoms with van der Waals surface area (Å²) in [5.41, 5.74) is 2.04. The van der Waals surface area contributed by atoms with E-state index in [1.807, 2.05) is 56.4 Å². The van der Waals surface area contributed by atoms with Gasteiger partial charge in [0.2, 0.25) is 0 Å². The third-order valence-corrected chi connectivity index (χ3v) is 12.4. The maximum Gasteiger partial charge on any atom is 0.470 e. The molecule has 47 heavy (non-hydrogen) atoms. The minimum atomic E-state index is -4.95. The zero-order chi connectivity index (χ0) is 33.4. The first-order chi connectivity index (χ1) is 22.3. The molecule has 250 valence electrons. The Bertz CT molecular complexity index is 1700. The molecule has 7 rings (SSSR count). The third kappa shape index (κ3) is 5.29. The molecule has 0 radical (unpaired) electrons. The molecule has 0 bridgehead atoms. The summed E-state index contributed by atoms with van der Waals surface area (Å²) in [4.78, 5) is 45.4. The minimum Gasteiger partial charge on any atom is -0.393 e. The molecular formula is C36H42NO9P. The van der Waals surface area contributed by atoms with Crippen LogP contribution in [0.15, 0.2) is 72.3 Å². The van der Waals surface area contributed by atoms with Crippen molar-refractivity contribution in [2.45, 2.75) is 70.1 Å². The van der Waals surface area contributed by atoms with E-state index in [0.717, 1.165) is 40.8 Å². The maximum absolute atomic E-state index is 14.2. The number of Topliss-reactive ketones (excluding diaryl/α,β-unsaturated/α-hetero) is 1. The lowest BCUT2D eigenvalue weighted by atomic mass is 9.46. The Kier molecular flexibility index (Phi) is 8.03. The fourth-order valence-electron chi connectivity index (χ4n) is 9.83. The van der Waals surface area contributed by atoms with Gasteiger partial charge in [-0.05, 0) is 79.4 Å². The zero-order valence-electron chi connectivity index (χ0n) is 26.8. The molecule has 2 aromatic rings. The highest BCUT2D eigenvalue weighted by Gasteiger charge is 2.76. The predicted molar refractivity (Wildman–Crippen MR) is 173 cm³/mol. The van der Waals surface area contributed by atoms with E-state index in [9.17, 15) is 29.0 Å². The van der Waals surface area contributed by atoms with Crippen molar-refractivity contribution in [3.8, 4) is 0 Å². The molecule has 4 fully saturated rings. The molecule has 10 nitrogen and oxygen atoms in total. The molecule has 0 amide bonds. The number of hydrogen-bond donors (Lipinski definition) is 4. The number of benzene rings is 2. The molecule has 4 aliphatic carbocycles. The number of phosphoric acid groups is 1. The van der Waals surface area contributed by atoms with Gasteiger partial charge in [-0.1, -0.05) is 61.9 Å². The SMILES string of the molecule is CNc1cccc(Cc2ccc([C@@H]3O[C@@H]4C[C@H]5C6CCC7=CC(=O)C=C[C@]7(C)[C@H]6[C@@H](O)C[C@]5(C)[C@]4(C(=O)COP(=O)(O)O)O3)cc2)c1. The number of ketones is 2. The first-order valence-electron chi connectivity index (χ1n) is 16.3. The number of nitrogens with one attached hydrogen (secondary N) is 1. The van der Waals surface area contributed by atoms with Crippen molar-refractivity contribution in [2.24, 2.45) is 28.6 Å². The summed E-state index contributed by atoms with van der Waals surface area (Å²) in [6.07, 6.45) is 5.68. The van der Waals surface area contributed by atoms with Crippen LogP contribution in [0.2, 0.25) is 0 Å². The van der Waals surface area contributed by atoms with Crippen molar-refractivity contribution in [3.63, 3.8) is 0 Å². The van der Waals surface area contributed by atoms with E-state index < -0.39 is 55.1 Å². The van der Waals surface area contributed by atoms with Crippen LogP contribution in [0.3, 0.4) is 0 Å². The normalized spacial score (nSPS) is 37.4. The van der Waals surface area contributed by atoms with E-state index in [4.69, 9.17) is 14.0 Å². The van der Waals surface area contributed by atoms with Gasteiger partial charge in [0.05, 0.1) is 12.2 Å². The van der Waals surface area contributed by atoms with Crippen molar-refractivity contribution in [2.75, 3.05) is 19.0 Å². The van der Waals surface area contributed by atoms with E-state index in [-0.39, 0.29) is 30.0 Å². The van der Waals surface area contributed by atoms with Gasteiger partial charge in [0.25, 0.3) is 0 Å². The predicted octanol–water partition coefficient (Wildman–Crippen LogP) is 5.04. The second kappa shape index (κ2) is 11.6. The largest absolute Gasteiger partial charge is 0.470 e. The highest BCUT2D eigenvalue weighted by Crippen LogP contribution is 2.70. The Morgan fingerprint density at radius 2 is 1.89 bits per heavy atom. The number of carbonyl (C=O) groups is 2. The molecule has 0 spiro atoms. The average Bonchev–Trinajstić information content (AvgIpc) is 3.53. The second-order valence-corrected chi connectivity index (χ2v) is 15.6. The van der Waals surface area contributed by atoms with Crippen LogP contribution in [0, 0.1) is 28.6 Å². The number of anilines is 1. The maximum atomic E-state index is 14.2. The van der Waals surface area contributed by atoms with Crippen LogP contribution >= 0.6 is 7.82 Å². The van der Waals surface area contributed by atoms with Crippen molar-refractivity contribution in [1.29, 1.82) is 0 Å². The van der Waals surface area contributed by atoms with Crippen molar-refractivity contribution >= 4 is 25.1 Å². The van der Waals surface area contributed by atoms with E-state index in [1.54, 1.807) is 12.2 Å². The van der Waals surface area contributed by atoms with Gasteiger partial charge in [0.1, 0.15) is 6.61 Å². The van der Waals surface area contributed by atoms with Crippen molar-refractivity contribution in [1.82, 2.24) is 0 Å². The number of ether oxygens (including phenoxy) is 2. The van der Waals surface area contributed by atoms with E-state index in [0.29, 0.717) is 12.8 Å². The zero-order valence-corrected chi connectivity index (χ0v) is 27.7. The smallest absolute Gasteiger partial charge is 0.393 e. The number of phosphoric ester groups is 1. The van der Waals surface area contributed by atoms with Gasteiger partial charge in [-0.25, -0.2) is 4.57 Å². The highest BCUT2D eigenvalue weighted by atomic mass is 31.2. The van der Waals surface area contributed by atoms with Gasteiger partial charge in [0.15, 0.2) is 23.5 Å². The number of hydrogen-bond acceptors (Lipinski definition) is 8. The van der Waals surface area contributed by atoms with Crippen LogP contribution in [0.4, 0.5) is 5.69 Å². The summed E-state index contributed by atoms with van der Waals surface area (Å²) >= 11 is 0. The molecule has 9 atom stereocenters. The lowest BCUT2D eigenvalue weighted by molar-refractivity contribution is -0.200. The molecule has 3 saturated carbocycles. The lowest BCUT2D eigenvalue weighted by Crippen LogP contribution is -2.63. The minimum absolute atomic E-state index is 0.00747. The summed E-state index contributed by atoms with van der Waals surface area (Å²) in [7, 11) is -3.06. The number of fused-ring (bicyclic) bond motifs is 7. The molecule has 5 aliphatic rings. The number of rotatable bonds is 8. The van der Waals surface area contributed by atoms with E-state index in [1.165, 1.54) is 0 Å². The van der Waals surface area contributed by atoms with Crippen LogP contribution in [0.5, 0.6) is 0 Å². The first-order valence-corrected chi connectivity index (χ1v) is 17.8. The van der Waals surface area contributed by atoms with Gasteiger partial charge in [-0.2, -0.15) is 0 Å². The molecule has 0 aromatic heterocycles. The average molecular weight is 664 g/mol. The summed E-state index contributed by atoms with van der Waals surface area (Å²) in [5.74, 6) is -0.885. The Morgan fingerprint density at radius 1 is 1.13 bits per heavy atom. The van der Waals surface area contributed by atoms with Crippen LogP contribution in [-0.2, 0) is 34.6 Å². The Balaban J connectivity index is 1.19. The third-order valence-electron chi connectivity index (χ3n) is 11.9. The summed E-state index contributed by atoms with van der Waals surface area (Å²) < 4.78 is 29.8. The standard InChI is InChI=1S/C36H42NO9P/c1-34-14-13-26(38)17-24(34)11-12-27-28-18-31-36(30(40)20-44-47(41,42)43,35(28,2)19-29(39)32(27)34)46-33(45-31)23-9-7-21(8-10-23)15-22-5-4-6-25(16-22)37-3/h4-10,13-14,16-17,27-29,31-33,37,39H,11-12,15,18-20H2,1-3H3,(H2,41,42,43)/t27?,28-,29-,31+,32+,33+,34-,35-,36+/m0/s1. The monoisotopic (exact) mass is 663 g/mol. The van der Waals surface area contributed by atoms with Crippen molar-refractivity contribution in [3.05, 3.63) is 89.0 Å². The molecule has 1 heterocycles. The molecule has 1 unspecified atom stereocenters. The van der Waals surface area contributed by atoms with Gasteiger partial charge in [0, 0.05) is 35.0 Å². The molecule has 1 saturated heterocycles. The van der Waals surface area contributed by atoms with E-state index >= 15 is 0 Å². The first kappa shape index (κ1) is 32.6. The van der Waals surface area contributed by atoms with E-state index in [2.05, 4.69) is 24.4 Å². The summed E-state index contributed by atoms with van der Waals surface area (Å²) in [6.45, 7) is 3.19. The number of aliphatic hydroxyl groups is 1. The van der Waals surface area contributed by atoms with Gasteiger partial charge < -0.3 is 29.7 Å². The van der Waals surface area contributed by atoms with Gasteiger partial charge >= 0.3 is 7.82 Å². The number of allylic oxidation sites excluding steroid dienone is 4. The summed E-state index contributed by atoms with van der Waals surface area (Å²) in [6, 6.07) is 16.0. The summed E-state index contributed by atoms with van der Waals surface area (Å²) in [5, 5.41) is 15.1. The van der Waals surface area contributed by atoms with Crippen LogP contribution in [0.25, 0.3) is 0 Å². The van der Waals surface area contributed by atoms with Crippen molar-refractivity contribution < 1.29 is 43.0 Å². The second-order valence-electron chi connectivity index (χ2n) is 14.3. The van der Waals surface area contributed by atoms with Crippen LogP contribution in [-0.4, -0.2) is 57.9 Å². The molecule has 11 heteroatoms. The van der Waals surface area contributed by atoms with Crippen LogP contribution < -0.4 is 5.32 Å². The fourth-order valence-corrected chi connectivity index (χ4v) is 10.1. The highest BCUT2D eigenvalue weighted by molar-refractivity contribution is 7.46. The van der Waals surface area contributed by atoms with Gasteiger partial charge in [-0.15, -0.1) is 0 Å². The topological polar surface area (TPSA) is 152 Å². The quantitative estimate of drug-likeness (QED) is 0.283. The molecule has 2 aromatic carbocycles. The molecule has 4 N–H and O–H groups in total. The molecular weight excluding hydrogens is 621 g/mol. The Hall–Kier alpha value is -2.95. The molecule has 1 aliphatic heterocycles. The number of carbonyl (C=O) groups excluding carboxylic acids is 2. The van der Waals surface area contributed by atoms with Crippen LogP contribution in [0.1, 0.15) is 62.5 Å². The Morgan fingerprint density at radius 3 is 2.62 bits per heavy atom.